The first-order chi connectivity index (χ1) is 8.31. The lowest BCUT2D eigenvalue weighted by molar-refractivity contribution is -0.344. The number of hydrogen-bond donors (Lipinski definition) is 0. The Hall–Kier alpha value is -0.270. The Morgan fingerprint density at radius 2 is 1.44 bits per heavy atom. The second-order valence-electron chi connectivity index (χ2n) is 5.86. The molecule has 0 saturated carbocycles. The summed E-state index contributed by atoms with van der Waals surface area (Å²) in [5.41, 5.74) is 0. The van der Waals surface area contributed by atoms with Crippen LogP contribution < -0.4 is 0 Å². The average Bonchev–Trinajstić information content (AvgIpc) is 2.69. The van der Waals surface area contributed by atoms with Crippen molar-refractivity contribution < 1.29 is 28.1 Å². The summed E-state index contributed by atoms with van der Waals surface area (Å²) in [6.07, 6.45) is -2.32. The van der Waals surface area contributed by atoms with E-state index in [9.17, 15) is 4.39 Å². The highest BCUT2D eigenvalue weighted by molar-refractivity contribution is 5.00. The molecule has 5 atom stereocenters. The van der Waals surface area contributed by atoms with Crippen molar-refractivity contribution in [2.45, 2.75) is 70.0 Å². The number of ether oxygens (including phenoxy) is 5. The highest BCUT2D eigenvalue weighted by Gasteiger charge is 2.61. The van der Waals surface area contributed by atoms with Crippen molar-refractivity contribution in [1.29, 1.82) is 0 Å². The number of hydrogen-bond acceptors (Lipinski definition) is 5. The molecule has 0 amide bonds. The van der Waals surface area contributed by atoms with Crippen LogP contribution in [0.3, 0.4) is 0 Å². The van der Waals surface area contributed by atoms with Crippen LogP contribution in [0.5, 0.6) is 0 Å². The molecule has 104 valence electrons. The molecular weight excluding hydrogens is 243 g/mol. The van der Waals surface area contributed by atoms with Gasteiger partial charge in [0.2, 0.25) is 0 Å². The Morgan fingerprint density at radius 3 is 2.11 bits per heavy atom. The third kappa shape index (κ3) is 1.96. The molecule has 3 saturated heterocycles. The zero-order chi connectivity index (χ0) is 13.1. The molecule has 3 aliphatic heterocycles. The van der Waals surface area contributed by atoms with E-state index in [0.717, 1.165) is 0 Å². The van der Waals surface area contributed by atoms with Crippen LogP contribution in [0.4, 0.5) is 4.39 Å². The molecule has 3 rings (SSSR count). The van der Waals surface area contributed by atoms with E-state index < -0.39 is 36.7 Å². The van der Waals surface area contributed by atoms with Crippen molar-refractivity contribution >= 4 is 0 Å². The molecule has 3 fully saturated rings. The first kappa shape index (κ1) is 12.7. The molecule has 0 aliphatic carbocycles. The van der Waals surface area contributed by atoms with Crippen LogP contribution in [-0.4, -0.2) is 49.0 Å². The summed E-state index contributed by atoms with van der Waals surface area (Å²) in [5.74, 6) is -1.54. The minimum absolute atomic E-state index is 0.331. The standard InChI is InChI=1S/C12H19FO5/c1-11(2)15-6(5-13)7-8(16-11)9-10(14-7)18-12(3,4)17-9/h6-10H,5H2,1-4H3/t6-,7+,8-,9?,10?/m0/s1. The highest BCUT2D eigenvalue weighted by atomic mass is 19.1. The fourth-order valence-electron chi connectivity index (χ4n) is 2.84. The summed E-state index contributed by atoms with van der Waals surface area (Å²) in [7, 11) is 0. The average molecular weight is 262 g/mol. The van der Waals surface area contributed by atoms with E-state index in [1.165, 1.54) is 0 Å². The van der Waals surface area contributed by atoms with Crippen LogP contribution in [0.15, 0.2) is 0 Å². The molecule has 0 aromatic heterocycles. The van der Waals surface area contributed by atoms with E-state index in [0.29, 0.717) is 0 Å². The predicted molar refractivity (Wildman–Crippen MR) is 58.5 cm³/mol. The van der Waals surface area contributed by atoms with Gasteiger partial charge in [0.1, 0.15) is 31.1 Å². The van der Waals surface area contributed by atoms with Crippen LogP contribution >= 0.6 is 0 Å². The first-order valence-corrected chi connectivity index (χ1v) is 6.24. The van der Waals surface area contributed by atoms with Crippen LogP contribution in [-0.2, 0) is 23.7 Å². The lowest BCUT2D eigenvalue weighted by Crippen LogP contribution is -2.56. The Bertz CT molecular complexity index is 345. The smallest absolute Gasteiger partial charge is 0.190 e. The second-order valence-corrected chi connectivity index (χ2v) is 5.86. The fourth-order valence-corrected chi connectivity index (χ4v) is 2.84. The summed E-state index contributed by atoms with van der Waals surface area (Å²) in [6, 6.07) is 0. The monoisotopic (exact) mass is 262 g/mol. The van der Waals surface area contributed by atoms with Crippen molar-refractivity contribution in [3.63, 3.8) is 0 Å². The van der Waals surface area contributed by atoms with E-state index in [4.69, 9.17) is 23.7 Å². The van der Waals surface area contributed by atoms with Gasteiger partial charge < -0.3 is 23.7 Å². The number of halogens is 1. The molecule has 0 spiro atoms. The largest absolute Gasteiger partial charge is 0.342 e. The Balaban J connectivity index is 1.83. The molecule has 0 aromatic rings. The maximum atomic E-state index is 13.0. The zero-order valence-electron chi connectivity index (χ0n) is 11.0. The van der Waals surface area contributed by atoms with Crippen molar-refractivity contribution in [3.05, 3.63) is 0 Å². The molecule has 3 heterocycles. The van der Waals surface area contributed by atoms with Crippen molar-refractivity contribution in [1.82, 2.24) is 0 Å². The Morgan fingerprint density at radius 1 is 0.833 bits per heavy atom. The molecular formula is C12H19FO5. The molecule has 0 radical (unpaired) electrons. The van der Waals surface area contributed by atoms with Gasteiger partial charge in [-0.15, -0.1) is 0 Å². The molecule has 3 aliphatic rings. The van der Waals surface area contributed by atoms with E-state index >= 15 is 0 Å². The Kier molecular flexibility index (Phi) is 2.74. The zero-order valence-corrected chi connectivity index (χ0v) is 11.0. The van der Waals surface area contributed by atoms with E-state index in [1.54, 1.807) is 13.8 Å². The van der Waals surface area contributed by atoms with Gasteiger partial charge in [-0.2, -0.15) is 0 Å². The maximum absolute atomic E-state index is 13.0. The molecule has 18 heavy (non-hydrogen) atoms. The Labute approximate surface area is 105 Å². The fraction of sp³-hybridized carbons (Fsp3) is 1.00. The molecule has 2 unspecified atom stereocenters. The number of rotatable bonds is 1. The maximum Gasteiger partial charge on any atom is 0.190 e. The van der Waals surface area contributed by atoms with Gasteiger partial charge in [-0.1, -0.05) is 0 Å². The van der Waals surface area contributed by atoms with E-state index in [2.05, 4.69) is 0 Å². The van der Waals surface area contributed by atoms with Crippen molar-refractivity contribution in [2.24, 2.45) is 0 Å². The topological polar surface area (TPSA) is 46.2 Å². The van der Waals surface area contributed by atoms with E-state index in [1.807, 2.05) is 13.8 Å². The third-order valence-corrected chi connectivity index (χ3v) is 3.40. The minimum atomic E-state index is -0.841. The van der Waals surface area contributed by atoms with Gasteiger partial charge in [0, 0.05) is 0 Å². The quantitative estimate of drug-likeness (QED) is 0.714. The second kappa shape index (κ2) is 3.86. The van der Waals surface area contributed by atoms with Gasteiger partial charge in [-0.05, 0) is 27.7 Å². The van der Waals surface area contributed by atoms with Crippen molar-refractivity contribution in [2.75, 3.05) is 6.67 Å². The third-order valence-electron chi connectivity index (χ3n) is 3.40. The van der Waals surface area contributed by atoms with Gasteiger partial charge in [-0.25, -0.2) is 4.39 Å². The molecule has 0 aromatic carbocycles. The van der Waals surface area contributed by atoms with Crippen LogP contribution in [0.1, 0.15) is 27.7 Å². The SMILES string of the molecule is CC1(C)OC2O[C@@H]3[C@H](CF)OC(C)(C)O[C@@H]3C2O1. The summed E-state index contributed by atoms with van der Waals surface area (Å²) >= 11 is 0. The van der Waals surface area contributed by atoms with Gasteiger partial charge in [0.25, 0.3) is 0 Å². The van der Waals surface area contributed by atoms with Crippen LogP contribution in [0.25, 0.3) is 0 Å². The van der Waals surface area contributed by atoms with Gasteiger partial charge in [0.05, 0.1) is 0 Å². The lowest BCUT2D eigenvalue weighted by Gasteiger charge is -2.42. The number of alkyl halides is 1. The van der Waals surface area contributed by atoms with Gasteiger partial charge in [0.15, 0.2) is 17.9 Å². The van der Waals surface area contributed by atoms with E-state index in [-0.39, 0.29) is 12.2 Å². The molecule has 5 nitrogen and oxygen atoms in total. The summed E-state index contributed by atoms with van der Waals surface area (Å²) in [6.45, 7) is 6.55. The predicted octanol–water partition coefficient (Wildman–Crippen LogP) is 1.35. The highest BCUT2D eigenvalue weighted by Crippen LogP contribution is 2.44. The molecule has 0 bridgehead atoms. The van der Waals surface area contributed by atoms with Crippen LogP contribution in [0, 0.1) is 0 Å². The summed E-state index contributed by atoms with van der Waals surface area (Å²) in [4.78, 5) is 0. The minimum Gasteiger partial charge on any atom is -0.342 e. The van der Waals surface area contributed by atoms with Gasteiger partial charge >= 0.3 is 0 Å². The first-order valence-electron chi connectivity index (χ1n) is 6.24. The molecule has 6 heteroatoms. The number of fused-ring (bicyclic) bond motifs is 3. The normalized spacial score (nSPS) is 48.8. The molecule has 0 N–H and O–H groups in total. The lowest BCUT2D eigenvalue weighted by atomic mass is 10.0. The van der Waals surface area contributed by atoms with Crippen molar-refractivity contribution in [3.8, 4) is 0 Å². The van der Waals surface area contributed by atoms with Crippen LogP contribution in [0.2, 0.25) is 0 Å². The summed E-state index contributed by atoms with van der Waals surface area (Å²) < 4.78 is 41.5. The summed E-state index contributed by atoms with van der Waals surface area (Å²) in [5, 5.41) is 0. The van der Waals surface area contributed by atoms with Gasteiger partial charge in [-0.3, -0.25) is 0 Å².